The molecule has 17 nitrogen and oxygen atoms in total. The van der Waals surface area contributed by atoms with Gasteiger partial charge in [-0.15, -0.1) is 0 Å². The van der Waals surface area contributed by atoms with Crippen molar-refractivity contribution in [3.05, 3.63) is 72.9 Å². The van der Waals surface area contributed by atoms with E-state index in [0.717, 1.165) is 77.0 Å². The molecule has 0 heterocycles. The molecule has 1 saturated carbocycles. The van der Waals surface area contributed by atoms with Crippen LogP contribution >= 0.6 is 15.6 Å². The number of ether oxygens (including phenoxy) is 2. The number of carbonyl (C=O) groups excluding carboxylic acids is 2. The number of hydrogen-bond acceptors (Lipinski definition) is 14. The first kappa shape index (κ1) is 61.4. The van der Waals surface area contributed by atoms with Gasteiger partial charge < -0.3 is 49.7 Å². The van der Waals surface area contributed by atoms with Gasteiger partial charge in [0.15, 0.2) is 6.10 Å². The topological polar surface area (TPSA) is 276 Å². The Morgan fingerprint density at radius 3 is 1.70 bits per heavy atom. The van der Waals surface area contributed by atoms with Crippen LogP contribution in [0.1, 0.15) is 149 Å². The first-order valence-electron chi connectivity index (χ1n) is 23.6. The van der Waals surface area contributed by atoms with Crippen molar-refractivity contribution in [3.8, 4) is 0 Å². The van der Waals surface area contributed by atoms with Crippen LogP contribution in [0.5, 0.6) is 0 Å². The van der Waals surface area contributed by atoms with E-state index in [4.69, 9.17) is 18.5 Å². The van der Waals surface area contributed by atoms with Gasteiger partial charge in [-0.05, 0) is 70.6 Å². The lowest BCUT2D eigenvalue weighted by Gasteiger charge is -2.43. The maximum atomic E-state index is 13.0. The summed E-state index contributed by atoms with van der Waals surface area (Å²) in [6.45, 7) is 2.80. The number of aliphatic hydroxyl groups is 5. The third kappa shape index (κ3) is 31.4. The standard InChI is InChI=1S/C47H80O17P2/c1-3-5-7-9-11-13-15-17-18-20-22-24-26-28-30-34-40(49)60-36-39(37-61-66(58,59)64-47-44(53)42(51)43(52)46(45(47)54)63-65(55,56)57)62-41(50)35-31-33-38(48)32-29-27-25-23-21-19-16-14-12-10-8-6-4-2/h6,8,12-15,19,21,25,27,29,32,38-39,42-48,51-54H,3-5,7,9-11,16-18,20,22-24,26,28,30-31,33-37H2,1-2H3,(H,58,59)(H2,55,56,57)/b8-6-,14-12-,15-13-,21-19-,27-25-,32-29+/t38?,39-,42?,43?,44?,45?,46-,47+/m1/s1. The maximum absolute atomic E-state index is 13.0. The molecule has 0 bridgehead atoms. The summed E-state index contributed by atoms with van der Waals surface area (Å²) in [6, 6.07) is 0. The summed E-state index contributed by atoms with van der Waals surface area (Å²) >= 11 is 0. The number of carbonyl (C=O) groups is 2. The summed E-state index contributed by atoms with van der Waals surface area (Å²) in [5, 5.41) is 51.6. The van der Waals surface area contributed by atoms with Crippen LogP contribution in [0.2, 0.25) is 0 Å². The average molecular weight is 979 g/mol. The lowest BCUT2D eigenvalue weighted by Crippen LogP contribution is -2.64. The minimum atomic E-state index is -5.39. The third-order valence-electron chi connectivity index (χ3n) is 10.4. The van der Waals surface area contributed by atoms with Gasteiger partial charge in [0.05, 0.1) is 12.7 Å². The fourth-order valence-electron chi connectivity index (χ4n) is 6.70. The SMILES string of the molecule is CC/C=C\C/C=C\C/C=C\C/C=C\C=C\C(O)CCCC(=O)O[C@H](COC(=O)CCCCCCCCC/C=C\CCCCCC)COP(=O)(O)O[C@H]1C(O)C(O)C(O)[C@@H](OP(=O)(O)O)C1O. The number of allylic oxidation sites excluding steroid dienone is 11. The third-order valence-corrected chi connectivity index (χ3v) is 11.9. The van der Waals surface area contributed by atoms with Gasteiger partial charge >= 0.3 is 27.6 Å². The number of hydrogen-bond donors (Lipinski definition) is 8. The molecule has 1 fully saturated rings. The van der Waals surface area contributed by atoms with Gasteiger partial charge in [0.1, 0.15) is 43.2 Å². The van der Waals surface area contributed by atoms with Crippen molar-refractivity contribution in [2.75, 3.05) is 13.2 Å². The molecule has 0 saturated heterocycles. The van der Waals surface area contributed by atoms with Crippen molar-refractivity contribution in [1.29, 1.82) is 0 Å². The van der Waals surface area contributed by atoms with Gasteiger partial charge in [-0.3, -0.25) is 23.2 Å². The van der Waals surface area contributed by atoms with E-state index in [2.05, 4.69) is 60.9 Å². The van der Waals surface area contributed by atoms with Crippen molar-refractivity contribution in [3.63, 3.8) is 0 Å². The van der Waals surface area contributed by atoms with Crippen molar-refractivity contribution in [1.82, 2.24) is 0 Å². The molecule has 8 N–H and O–H groups in total. The summed E-state index contributed by atoms with van der Waals surface area (Å²) in [5.74, 6) is -1.42. The second-order valence-corrected chi connectivity index (χ2v) is 18.9. The van der Waals surface area contributed by atoms with Crippen LogP contribution in [0.15, 0.2) is 72.9 Å². The second-order valence-electron chi connectivity index (χ2n) is 16.3. The van der Waals surface area contributed by atoms with E-state index in [1.54, 1.807) is 18.2 Å². The van der Waals surface area contributed by atoms with Crippen LogP contribution in [0.4, 0.5) is 0 Å². The van der Waals surface area contributed by atoms with E-state index in [0.29, 0.717) is 6.42 Å². The first-order valence-corrected chi connectivity index (χ1v) is 26.6. The van der Waals surface area contributed by atoms with Crippen LogP contribution in [0.25, 0.3) is 0 Å². The second kappa shape index (κ2) is 37.3. The zero-order valence-corrected chi connectivity index (χ0v) is 40.7. The summed E-state index contributed by atoms with van der Waals surface area (Å²) < 4.78 is 49.2. The number of unbranched alkanes of at least 4 members (excludes halogenated alkanes) is 11. The Morgan fingerprint density at radius 1 is 0.576 bits per heavy atom. The van der Waals surface area contributed by atoms with Crippen molar-refractivity contribution in [2.24, 2.45) is 0 Å². The smallest absolute Gasteiger partial charge is 0.462 e. The molecule has 1 aliphatic rings. The number of aliphatic hydroxyl groups excluding tert-OH is 5. The molecular weight excluding hydrogens is 898 g/mol. The largest absolute Gasteiger partial charge is 0.472 e. The fourth-order valence-corrected chi connectivity index (χ4v) is 8.23. The van der Waals surface area contributed by atoms with E-state index < -0.39 is 89.6 Å². The summed E-state index contributed by atoms with van der Waals surface area (Å²) in [7, 11) is -10.8. The summed E-state index contributed by atoms with van der Waals surface area (Å²) in [6.07, 6.45) is 25.9. The van der Waals surface area contributed by atoms with E-state index in [9.17, 15) is 58.9 Å². The fraction of sp³-hybridized carbons (Fsp3) is 0.702. The lowest BCUT2D eigenvalue weighted by molar-refractivity contribution is -0.216. The van der Waals surface area contributed by atoms with Gasteiger partial charge in [0, 0.05) is 12.8 Å². The zero-order chi connectivity index (χ0) is 49.1. The summed E-state index contributed by atoms with van der Waals surface area (Å²) in [4.78, 5) is 54.3. The highest BCUT2D eigenvalue weighted by Crippen LogP contribution is 2.49. The molecule has 0 aromatic carbocycles. The Hall–Kier alpha value is -2.60. The number of esters is 2. The van der Waals surface area contributed by atoms with Crippen molar-refractivity contribution < 1.29 is 82.0 Å². The zero-order valence-electron chi connectivity index (χ0n) is 39.0. The van der Waals surface area contributed by atoms with Crippen LogP contribution in [0, 0.1) is 0 Å². The average Bonchev–Trinajstić information content (AvgIpc) is 3.26. The molecule has 0 radical (unpaired) electrons. The molecule has 9 atom stereocenters. The Balaban J connectivity index is 2.69. The predicted molar refractivity (Wildman–Crippen MR) is 252 cm³/mol. The Morgan fingerprint density at radius 2 is 1.11 bits per heavy atom. The van der Waals surface area contributed by atoms with Gasteiger partial charge in [-0.1, -0.05) is 138 Å². The van der Waals surface area contributed by atoms with Gasteiger partial charge in [0.2, 0.25) is 0 Å². The molecule has 66 heavy (non-hydrogen) atoms. The lowest BCUT2D eigenvalue weighted by atomic mass is 9.85. The molecule has 0 aliphatic heterocycles. The van der Waals surface area contributed by atoms with Gasteiger partial charge in [-0.25, -0.2) is 9.13 Å². The van der Waals surface area contributed by atoms with Crippen LogP contribution in [-0.4, -0.2) is 114 Å². The van der Waals surface area contributed by atoms with E-state index in [-0.39, 0.29) is 25.7 Å². The van der Waals surface area contributed by atoms with Crippen LogP contribution in [-0.2, 0) is 41.8 Å². The highest BCUT2D eigenvalue weighted by molar-refractivity contribution is 7.47. The van der Waals surface area contributed by atoms with E-state index in [1.807, 2.05) is 12.2 Å². The summed E-state index contributed by atoms with van der Waals surface area (Å²) in [5.41, 5.74) is 0. The van der Waals surface area contributed by atoms with Crippen molar-refractivity contribution >= 4 is 27.6 Å². The predicted octanol–water partition coefficient (Wildman–Crippen LogP) is 7.81. The highest BCUT2D eigenvalue weighted by atomic mass is 31.2. The molecule has 0 spiro atoms. The first-order chi connectivity index (χ1) is 31.5. The van der Waals surface area contributed by atoms with Crippen LogP contribution in [0.3, 0.4) is 0 Å². The highest BCUT2D eigenvalue weighted by Gasteiger charge is 2.54. The molecule has 380 valence electrons. The Labute approximate surface area is 392 Å². The normalized spacial score (nSPS) is 22.6. The molecule has 0 aromatic rings. The molecule has 19 heteroatoms. The quantitative estimate of drug-likeness (QED) is 0.00963. The number of rotatable bonds is 38. The number of phosphoric acid groups is 2. The monoisotopic (exact) mass is 978 g/mol. The minimum Gasteiger partial charge on any atom is -0.462 e. The molecular formula is C47H80O17P2. The van der Waals surface area contributed by atoms with Crippen LogP contribution < -0.4 is 0 Å². The van der Waals surface area contributed by atoms with E-state index in [1.165, 1.54) is 25.7 Å². The molecule has 1 rings (SSSR count). The Bertz CT molecular complexity index is 1570. The maximum Gasteiger partial charge on any atom is 0.472 e. The van der Waals surface area contributed by atoms with Gasteiger partial charge in [-0.2, -0.15) is 0 Å². The molecule has 0 amide bonds. The molecule has 0 aromatic heterocycles. The van der Waals surface area contributed by atoms with Gasteiger partial charge in [0.25, 0.3) is 0 Å². The van der Waals surface area contributed by atoms with E-state index >= 15 is 0 Å². The Kier molecular flexibility index (Phi) is 34.7. The molecule has 1 aliphatic carbocycles. The molecule has 6 unspecified atom stereocenters. The van der Waals surface area contributed by atoms with Crippen molar-refractivity contribution in [2.45, 2.75) is 198 Å². The minimum absolute atomic E-state index is 0.0714. The number of phosphoric ester groups is 2.